The van der Waals surface area contributed by atoms with Crippen molar-refractivity contribution in [3.8, 4) is 17.0 Å². The summed E-state index contributed by atoms with van der Waals surface area (Å²) in [4.78, 5) is 35.0. The van der Waals surface area contributed by atoms with Crippen LogP contribution in [0.1, 0.15) is 0 Å². The first-order chi connectivity index (χ1) is 13.9. The highest BCUT2D eigenvalue weighted by atomic mass is 35.5. The summed E-state index contributed by atoms with van der Waals surface area (Å²) in [5.74, 6) is -0.107. The highest BCUT2D eigenvalue weighted by molar-refractivity contribution is 6.31. The van der Waals surface area contributed by atoms with Gasteiger partial charge in [-0.25, -0.2) is 4.68 Å². The smallest absolute Gasteiger partial charge is 0.270 e. The molecule has 0 saturated carbocycles. The molecule has 0 unspecified atom stereocenters. The molecule has 0 bridgehead atoms. The van der Waals surface area contributed by atoms with E-state index < -0.39 is 16.4 Å². The number of hydrogen-bond donors (Lipinski definition) is 1. The third-order valence-electron chi connectivity index (χ3n) is 3.95. The van der Waals surface area contributed by atoms with E-state index >= 15 is 0 Å². The first-order valence-electron chi connectivity index (χ1n) is 8.34. The van der Waals surface area contributed by atoms with Gasteiger partial charge in [-0.1, -0.05) is 23.7 Å². The van der Waals surface area contributed by atoms with Crippen molar-refractivity contribution in [1.29, 1.82) is 0 Å². The van der Waals surface area contributed by atoms with Gasteiger partial charge in [0.05, 0.1) is 23.4 Å². The predicted molar refractivity (Wildman–Crippen MR) is 107 cm³/mol. The molecule has 3 aromatic rings. The lowest BCUT2D eigenvalue weighted by atomic mass is 10.1. The summed E-state index contributed by atoms with van der Waals surface area (Å²) >= 11 is 5.94. The number of nitro groups is 1. The molecule has 0 aliphatic heterocycles. The molecule has 1 aromatic heterocycles. The molecule has 0 aliphatic carbocycles. The minimum atomic E-state index is -0.522. The average Bonchev–Trinajstić information content (AvgIpc) is 2.70. The Bertz CT molecular complexity index is 1150. The quantitative estimate of drug-likeness (QED) is 0.489. The Morgan fingerprint density at radius 1 is 1.24 bits per heavy atom. The van der Waals surface area contributed by atoms with Crippen LogP contribution in [0.3, 0.4) is 0 Å². The van der Waals surface area contributed by atoms with Crippen molar-refractivity contribution in [3.05, 3.63) is 80.1 Å². The molecule has 0 radical (unpaired) electrons. The van der Waals surface area contributed by atoms with E-state index in [1.807, 2.05) is 0 Å². The number of amides is 1. The molecule has 1 heterocycles. The van der Waals surface area contributed by atoms with E-state index in [1.54, 1.807) is 18.2 Å². The first kappa shape index (κ1) is 20.0. The average molecular weight is 415 g/mol. The van der Waals surface area contributed by atoms with Gasteiger partial charge in [-0.05, 0) is 24.3 Å². The third kappa shape index (κ3) is 4.77. The molecule has 2 aromatic carbocycles. The van der Waals surface area contributed by atoms with Crippen LogP contribution in [0.15, 0.2) is 59.4 Å². The molecule has 1 amide bonds. The van der Waals surface area contributed by atoms with Gasteiger partial charge in [-0.15, -0.1) is 0 Å². The molecule has 1 N–H and O–H groups in total. The maximum absolute atomic E-state index is 12.4. The first-order valence-corrected chi connectivity index (χ1v) is 8.71. The van der Waals surface area contributed by atoms with Crippen LogP contribution in [0.25, 0.3) is 11.3 Å². The lowest BCUT2D eigenvalue weighted by molar-refractivity contribution is -0.384. The second-order valence-electron chi connectivity index (χ2n) is 5.91. The Labute approximate surface area is 169 Å². The van der Waals surface area contributed by atoms with E-state index in [0.29, 0.717) is 27.7 Å². The van der Waals surface area contributed by atoms with E-state index in [-0.39, 0.29) is 12.2 Å². The highest BCUT2D eigenvalue weighted by Gasteiger charge is 2.13. The molecule has 9 nitrogen and oxygen atoms in total. The van der Waals surface area contributed by atoms with Crippen LogP contribution in [-0.2, 0) is 11.3 Å². The number of nitrogens with one attached hydrogen (secondary N) is 1. The molecule has 0 spiro atoms. The second kappa shape index (κ2) is 8.53. The number of hydrogen-bond acceptors (Lipinski definition) is 6. The Balaban J connectivity index is 1.85. The minimum Gasteiger partial charge on any atom is -0.495 e. The van der Waals surface area contributed by atoms with Gasteiger partial charge in [-0.3, -0.25) is 19.7 Å². The monoisotopic (exact) mass is 414 g/mol. The van der Waals surface area contributed by atoms with Crippen LogP contribution in [0.5, 0.6) is 5.75 Å². The van der Waals surface area contributed by atoms with Crippen LogP contribution in [0, 0.1) is 10.1 Å². The van der Waals surface area contributed by atoms with Gasteiger partial charge in [0.2, 0.25) is 5.91 Å². The SMILES string of the molecule is COc1ccc(Cl)cc1NC(=O)Cn1nc(-c2cccc([N+](=O)[O-])c2)ccc1=O. The maximum Gasteiger partial charge on any atom is 0.270 e. The number of nitrogens with zero attached hydrogens (tertiary/aromatic N) is 3. The molecule has 0 atom stereocenters. The van der Waals surface area contributed by atoms with Crippen LogP contribution >= 0.6 is 11.6 Å². The molecule has 0 aliphatic rings. The Kier molecular flexibility index (Phi) is 5.89. The molecule has 148 valence electrons. The van der Waals surface area contributed by atoms with Crippen molar-refractivity contribution in [2.24, 2.45) is 0 Å². The van der Waals surface area contributed by atoms with Crippen LogP contribution in [0.2, 0.25) is 5.02 Å². The Morgan fingerprint density at radius 3 is 2.76 bits per heavy atom. The van der Waals surface area contributed by atoms with E-state index in [0.717, 1.165) is 4.68 Å². The molecular weight excluding hydrogens is 400 g/mol. The van der Waals surface area contributed by atoms with E-state index in [9.17, 15) is 19.7 Å². The number of halogens is 1. The standard InChI is InChI=1S/C19H15ClN4O5/c1-29-17-7-5-13(20)10-16(17)21-18(25)11-23-19(26)8-6-15(22-23)12-3-2-4-14(9-12)24(27)28/h2-10H,11H2,1H3,(H,21,25). The summed E-state index contributed by atoms with van der Waals surface area (Å²) in [7, 11) is 1.45. The molecule has 0 saturated heterocycles. The fourth-order valence-corrected chi connectivity index (χ4v) is 2.77. The summed E-state index contributed by atoms with van der Waals surface area (Å²) in [6.07, 6.45) is 0. The Hall–Kier alpha value is -3.72. The van der Waals surface area contributed by atoms with Gasteiger partial charge in [0.15, 0.2) is 0 Å². The number of carbonyl (C=O) groups is 1. The normalized spacial score (nSPS) is 10.4. The molecule has 29 heavy (non-hydrogen) atoms. The van der Waals surface area contributed by atoms with Crippen molar-refractivity contribution in [1.82, 2.24) is 9.78 Å². The number of ether oxygens (including phenoxy) is 1. The zero-order valence-corrected chi connectivity index (χ0v) is 15.9. The van der Waals surface area contributed by atoms with Crippen molar-refractivity contribution in [2.75, 3.05) is 12.4 Å². The van der Waals surface area contributed by atoms with Gasteiger partial charge in [0, 0.05) is 28.8 Å². The zero-order valence-electron chi connectivity index (χ0n) is 15.2. The number of methoxy groups -OCH3 is 1. The van der Waals surface area contributed by atoms with Gasteiger partial charge in [-0.2, -0.15) is 5.10 Å². The summed E-state index contributed by atoms with van der Waals surface area (Å²) < 4.78 is 6.14. The Morgan fingerprint density at radius 2 is 2.03 bits per heavy atom. The lowest BCUT2D eigenvalue weighted by Gasteiger charge is -2.11. The topological polar surface area (TPSA) is 116 Å². The van der Waals surface area contributed by atoms with Gasteiger partial charge >= 0.3 is 0 Å². The number of anilines is 1. The fraction of sp³-hybridized carbons (Fsp3) is 0.105. The maximum atomic E-state index is 12.4. The largest absolute Gasteiger partial charge is 0.495 e. The molecule has 3 rings (SSSR count). The van der Waals surface area contributed by atoms with Crippen LogP contribution in [0.4, 0.5) is 11.4 Å². The number of aromatic nitrogens is 2. The lowest BCUT2D eigenvalue weighted by Crippen LogP contribution is -2.29. The predicted octanol–water partition coefficient (Wildman–Crippen LogP) is 3.12. The third-order valence-corrected chi connectivity index (χ3v) is 4.18. The van der Waals surface area contributed by atoms with Crippen molar-refractivity contribution in [3.63, 3.8) is 0 Å². The van der Waals surface area contributed by atoms with E-state index in [2.05, 4.69) is 10.4 Å². The van der Waals surface area contributed by atoms with Gasteiger partial charge in [0.25, 0.3) is 11.2 Å². The number of benzene rings is 2. The fourth-order valence-electron chi connectivity index (χ4n) is 2.60. The van der Waals surface area contributed by atoms with Gasteiger partial charge in [0.1, 0.15) is 12.3 Å². The summed E-state index contributed by atoms with van der Waals surface area (Å²) in [5.41, 5.74) is 0.527. The van der Waals surface area contributed by atoms with Crippen LogP contribution in [-0.4, -0.2) is 27.7 Å². The van der Waals surface area contributed by atoms with Gasteiger partial charge < -0.3 is 10.1 Å². The molecule has 10 heteroatoms. The second-order valence-corrected chi connectivity index (χ2v) is 6.35. The molecular formula is C19H15ClN4O5. The number of rotatable bonds is 6. The number of carbonyl (C=O) groups excluding carboxylic acids is 1. The number of nitro benzene ring substituents is 1. The summed E-state index contributed by atoms with van der Waals surface area (Å²) in [6, 6.07) is 13.3. The molecule has 0 fully saturated rings. The van der Waals surface area contributed by atoms with E-state index in [1.165, 1.54) is 43.5 Å². The number of non-ortho nitro benzene ring substituents is 1. The van der Waals surface area contributed by atoms with Crippen LogP contribution < -0.4 is 15.6 Å². The van der Waals surface area contributed by atoms with Crippen molar-refractivity contribution in [2.45, 2.75) is 6.54 Å². The van der Waals surface area contributed by atoms with Crippen molar-refractivity contribution < 1.29 is 14.5 Å². The highest BCUT2D eigenvalue weighted by Crippen LogP contribution is 2.27. The van der Waals surface area contributed by atoms with Crippen molar-refractivity contribution >= 4 is 28.9 Å². The summed E-state index contributed by atoms with van der Waals surface area (Å²) in [5, 5.41) is 18.1. The van der Waals surface area contributed by atoms with E-state index in [4.69, 9.17) is 16.3 Å². The summed E-state index contributed by atoms with van der Waals surface area (Å²) in [6.45, 7) is -0.364. The minimum absolute atomic E-state index is 0.104. The zero-order chi connectivity index (χ0) is 21.0.